The maximum absolute atomic E-state index is 11.1. The van der Waals surface area contributed by atoms with Crippen molar-refractivity contribution >= 4 is 5.97 Å². The van der Waals surface area contributed by atoms with Crippen LogP contribution in [0.4, 0.5) is 0 Å². The first-order chi connectivity index (χ1) is 14.5. The van der Waals surface area contributed by atoms with Crippen molar-refractivity contribution in [3.8, 4) is 11.5 Å². The number of rotatable bonds is 12. The van der Waals surface area contributed by atoms with Gasteiger partial charge in [0.05, 0.1) is 26.4 Å². The average Bonchev–Trinajstić information content (AvgIpc) is 2.77. The number of hydrogen-bond donors (Lipinski definition) is 1. The van der Waals surface area contributed by atoms with Gasteiger partial charge in [-0.2, -0.15) is 0 Å². The minimum absolute atomic E-state index is 0.0486. The first-order valence-electron chi connectivity index (χ1n) is 9.31. The number of carbonyl (C=O) groups excluding carboxylic acids is 1. The number of benzene rings is 2. The number of carbonyl (C=O) groups is 1. The minimum atomic E-state index is -1.22. The summed E-state index contributed by atoms with van der Waals surface area (Å²) in [4.78, 5) is 14.0. The Balaban J connectivity index is 2.11. The molecule has 2 aromatic carbocycles. The molecule has 2 rings (SSSR count). The summed E-state index contributed by atoms with van der Waals surface area (Å²) < 4.78 is 21.6. The van der Waals surface area contributed by atoms with Crippen molar-refractivity contribution in [1.29, 1.82) is 0 Å². The van der Waals surface area contributed by atoms with E-state index in [1.807, 2.05) is 30.3 Å². The van der Waals surface area contributed by atoms with Crippen LogP contribution in [0.2, 0.25) is 0 Å². The van der Waals surface area contributed by atoms with E-state index in [1.165, 1.54) is 6.92 Å². The van der Waals surface area contributed by atoms with Gasteiger partial charge in [-0.25, -0.2) is 0 Å². The second-order valence-corrected chi connectivity index (χ2v) is 6.39. The Morgan fingerprint density at radius 2 is 1.77 bits per heavy atom. The molecule has 0 radical (unpaired) electrons. The van der Waals surface area contributed by atoms with Gasteiger partial charge in [-0.1, -0.05) is 35.4 Å². The zero-order valence-corrected chi connectivity index (χ0v) is 16.9. The largest absolute Gasteiger partial charge is 0.497 e. The quantitative estimate of drug-likeness (QED) is 0.246. The van der Waals surface area contributed by atoms with E-state index in [2.05, 4.69) is 10.0 Å². The van der Waals surface area contributed by atoms with Crippen molar-refractivity contribution in [3.05, 3.63) is 70.6 Å². The smallest absolute Gasteiger partial charge is 0.302 e. The SMILES string of the molecule is COc1ccc(OC[C@H](N=[N+]=[N-])[C@H](OCc2ccccc2)[C@H](O)COC(C)=O)cc1. The van der Waals surface area contributed by atoms with Crippen molar-refractivity contribution < 1.29 is 28.8 Å². The van der Waals surface area contributed by atoms with E-state index in [-0.39, 0.29) is 19.8 Å². The third-order valence-corrected chi connectivity index (χ3v) is 4.18. The van der Waals surface area contributed by atoms with Crippen LogP contribution >= 0.6 is 0 Å². The Morgan fingerprint density at radius 3 is 2.37 bits per heavy atom. The molecule has 0 aliphatic rings. The molecule has 0 saturated carbocycles. The van der Waals surface area contributed by atoms with Crippen molar-refractivity contribution in [2.45, 2.75) is 31.8 Å². The van der Waals surface area contributed by atoms with Crippen molar-refractivity contribution in [2.75, 3.05) is 20.3 Å². The second-order valence-electron chi connectivity index (χ2n) is 6.39. The standard InChI is InChI=1S/C21H25N3O6/c1-15(25)28-14-20(26)21(30-12-16-6-4-3-5-7-16)19(23-24-22)13-29-18-10-8-17(27-2)9-11-18/h3-11,19-21,26H,12-14H2,1-2H3/t19-,20+,21-/m0/s1. The van der Waals surface area contributed by atoms with Gasteiger partial charge in [-0.3, -0.25) is 4.79 Å². The molecular weight excluding hydrogens is 390 g/mol. The highest BCUT2D eigenvalue weighted by molar-refractivity contribution is 5.65. The molecule has 0 bridgehead atoms. The maximum Gasteiger partial charge on any atom is 0.302 e. The van der Waals surface area contributed by atoms with Gasteiger partial charge in [-0.15, -0.1) is 0 Å². The molecule has 3 atom stereocenters. The van der Waals surface area contributed by atoms with Crippen LogP contribution in [0.15, 0.2) is 59.7 Å². The lowest BCUT2D eigenvalue weighted by Gasteiger charge is -2.28. The molecule has 9 heteroatoms. The maximum atomic E-state index is 11.1. The number of nitrogens with zero attached hydrogens (tertiary/aromatic N) is 3. The zero-order valence-electron chi connectivity index (χ0n) is 16.9. The van der Waals surface area contributed by atoms with Gasteiger partial charge in [0.25, 0.3) is 0 Å². The van der Waals surface area contributed by atoms with E-state index < -0.39 is 24.2 Å². The molecule has 0 saturated heterocycles. The Bertz CT molecular complexity index is 824. The van der Waals surface area contributed by atoms with Crippen LogP contribution in [0.5, 0.6) is 11.5 Å². The molecule has 1 N–H and O–H groups in total. The van der Waals surface area contributed by atoms with Gasteiger partial charge in [0.15, 0.2) is 0 Å². The van der Waals surface area contributed by atoms with Crippen molar-refractivity contribution in [2.24, 2.45) is 5.11 Å². The zero-order chi connectivity index (χ0) is 21.8. The third-order valence-electron chi connectivity index (χ3n) is 4.18. The van der Waals surface area contributed by atoms with Gasteiger partial charge >= 0.3 is 5.97 Å². The summed E-state index contributed by atoms with van der Waals surface area (Å²) in [5, 5.41) is 14.3. The first-order valence-corrected chi connectivity index (χ1v) is 9.31. The average molecular weight is 415 g/mol. The summed E-state index contributed by atoms with van der Waals surface area (Å²) in [5.74, 6) is 0.672. The molecule has 0 heterocycles. The Labute approximate surface area is 174 Å². The number of ether oxygens (including phenoxy) is 4. The molecule has 0 amide bonds. The molecule has 0 aliphatic heterocycles. The van der Waals surface area contributed by atoms with Crippen molar-refractivity contribution in [1.82, 2.24) is 0 Å². The van der Waals surface area contributed by atoms with Gasteiger partial charge in [-0.05, 0) is 35.4 Å². The Kier molecular flexibility index (Phi) is 9.47. The van der Waals surface area contributed by atoms with E-state index in [0.717, 1.165) is 5.56 Å². The summed E-state index contributed by atoms with van der Waals surface area (Å²) in [5.41, 5.74) is 9.87. The summed E-state index contributed by atoms with van der Waals surface area (Å²) in [6.07, 6.45) is -2.17. The normalized spacial score (nSPS) is 13.4. The fourth-order valence-electron chi connectivity index (χ4n) is 2.66. The lowest BCUT2D eigenvalue weighted by atomic mass is 10.1. The molecule has 2 aromatic rings. The van der Waals surface area contributed by atoms with E-state index in [1.54, 1.807) is 31.4 Å². The monoisotopic (exact) mass is 415 g/mol. The van der Waals surface area contributed by atoms with Crippen LogP contribution in [0.3, 0.4) is 0 Å². The number of esters is 1. The first kappa shape index (κ1) is 23.0. The van der Waals surface area contributed by atoms with Crippen LogP contribution in [0.1, 0.15) is 12.5 Å². The number of methoxy groups -OCH3 is 1. The van der Waals surface area contributed by atoms with Crippen LogP contribution in [0, 0.1) is 0 Å². The summed E-state index contributed by atoms with van der Waals surface area (Å²) in [7, 11) is 1.56. The predicted octanol–water partition coefficient (Wildman–Crippen LogP) is 3.26. The van der Waals surface area contributed by atoms with E-state index in [9.17, 15) is 9.90 Å². The molecule has 0 fully saturated rings. The number of azide groups is 1. The highest BCUT2D eigenvalue weighted by atomic mass is 16.6. The fourth-order valence-corrected chi connectivity index (χ4v) is 2.66. The topological polar surface area (TPSA) is 123 Å². The van der Waals surface area contributed by atoms with E-state index in [0.29, 0.717) is 11.5 Å². The van der Waals surface area contributed by atoms with Crippen LogP contribution < -0.4 is 9.47 Å². The molecular formula is C21H25N3O6. The summed E-state index contributed by atoms with van der Waals surface area (Å²) in [6, 6.07) is 15.4. The third kappa shape index (κ3) is 7.63. The summed E-state index contributed by atoms with van der Waals surface area (Å²) >= 11 is 0. The van der Waals surface area contributed by atoms with Gasteiger partial charge in [0.1, 0.15) is 30.3 Å². The molecule has 30 heavy (non-hydrogen) atoms. The number of hydrogen-bond acceptors (Lipinski definition) is 7. The highest BCUT2D eigenvalue weighted by Gasteiger charge is 2.30. The van der Waals surface area contributed by atoms with Gasteiger partial charge in [0, 0.05) is 11.8 Å². The van der Waals surface area contributed by atoms with Crippen LogP contribution in [0.25, 0.3) is 10.4 Å². The number of aliphatic hydroxyl groups is 1. The number of aliphatic hydroxyl groups excluding tert-OH is 1. The van der Waals surface area contributed by atoms with Gasteiger partial charge in [0.2, 0.25) is 0 Å². The van der Waals surface area contributed by atoms with Crippen LogP contribution in [-0.4, -0.2) is 49.6 Å². The molecule has 0 aliphatic carbocycles. The Hall–Kier alpha value is -3.26. The molecule has 0 aromatic heterocycles. The minimum Gasteiger partial charge on any atom is -0.497 e. The second kappa shape index (κ2) is 12.3. The van der Waals surface area contributed by atoms with Crippen molar-refractivity contribution in [3.63, 3.8) is 0 Å². The molecule has 0 spiro atoms. The Morgan fingerprint density at radius 1 is 1.10 bits per heavy atom. The predicted molar refractivity (Wildman–Crippen MR) is 109 cm³/mol. The van der Waals surface area contributed by atoms with Gasteiger partial charge < -0.3 is 24.1 Å². The fraction of sp³-hybridized carbons (Fsp3) is 0.381. The molecule has 0 unspecified atom stereocenters. The van der Waals surface area contributed by atoms with E-state index in [4.69, 9.17) is 24.5 Å². The van der Waals surface area contributed by atoms with Crippen LogP contribution in [-0.2, 0) is 20.9 Å². The summed E-state index contributed by atoms with van der Waals surface area (Å²) in [6.45, 7) is 1.06. The highest BCUT2D eigenvalue weighted by Crippen LogP contribution is 2.19. The lowest BCUT2D eigenvalue weighted by molar-refractivity contribution is -0.149. The molecule has 160 valence electrons. The van der Waals surface area contributed by atoms with E-state index >= 15 is 0 Å². The lowest BCUT2D eigenvalue weighted by Crippen LogP contribution is -2.44. The molecule has 9 nitrogen and oxygen atoms in total.